The van der Waals surface area contributed by atoms with Gasteiger partial charge in [0.25, 0.3) is 5.91 Å². The molecule has 0 saturated heterocycles. The Balaban J connectivity index is 1.80. The fraction of sp³-hybridized carbons (Fsp3) is 0.393. The highest BCUT2D eigenvalue weighted by Gasteiger charge is 2.30. The van der Waals surface area contributed by atoms with E-state index in [1.807, 2.05) is 73.8 Å². The number of nitrogens with zero attached hydrogens (tertiary/aromatic N) is 1. The fourth-order valence-electron chi connectivity index (χ4n) is 3.80. The Labute approximate surface area is 201 Å². The Kier molecular flexibility index (Phi) is 9.52. The summed E-state index contributed by atoms with van der Waals surface area (Å²) < 4.78 is 6.01. The van der Waals surface area contributed by atoms with Gasteiger partial charge in [0.15, 0.2) is 6.23 Å². The predicted octanol–water partition coefficient (Wildman–Crippen LogP) is 7.31. The average Bonchev–Trinajstić information content (AvgIpc) is 3.39. The topological polar surface area (TPSA) is 49.8 Å². The van der Waals surface area contributed by atoms with Gasteiger partial charge in [-0.15, -0.1) is 11.3 Å². The van der Waals surface area contributed by atoms with Crippen LogP contribution in [-0.2, 0) is 0 Å². The van der Waals surface area contributed by atoms with E-state index in [2.05, 4.69) is 13.0 Å². The van der Waals surface area contributed by atoms with Crippen LogP contribution in [-0.4, -0.2) is 28.6 Å². The van der Waals surface area contributed by atoms with E-state index >= 15 is 0 Å². The Morgan fingerprint density at radius 2 is 1.76 bits per heavy atom. The number of para-hydroxylation sites is 1. The molecule has 33 heavy (non-hydrogen) atoms. The van der Waals surface area contributed by atoms with Gasteiger partial charge in [0.05, 0.1) is 6.61 Å². The maximum absolute atomic E-state index is 13.5. The van der Waals surface area contributed by atoms with E-state index in [0.29, 0.717) is 23.5 Å². The van der Waals surface area contributed by atoms with Crippen LogP contribution in [0.4, 0.5) is 0 Å². The van der Waals surface area contributed by atoms with E-state index in [4.69, 9.17) is 4.74 Å². The number of amides is 1. The van der Waals surface area contributed by atoms with Gasteiger partial charge in [0.2, 0.25) is 0 Å². The molecule has 2 aromatic carbocycles. The zero-order valence-corrected chi connectivity index (χ0v) is 20.7. The molecule has 2 unspecified atom stereocenters. The molecule has 0 fully saturated rings. The van der Waals surface area contributed by atoms with Crippen LogP contribution in [0.3, 0.4) is 0 Å². The van der Waals surface area contributed by atoms with E-state index in [1.165, 1.54) is 12.8 Å². The smallest absolute Gasteiger partial charge is 0.256 e. The molecule has 3 aromatic rings. The molecule has 4 nitrogen and oxygen atoms in total. The Morgan fingerprint density at radius 1 is 1.00 bits per heavy atom. The number of benzene rings is 2. The van der Waals surface area contributed by atoms with Crippen molar-refractivity contribution in [1.82, 2.24) is 4.90 Å². The van der Waals surface area contributed by atoms with Crippen molar-refractivity contribution in [2.45, 2.75) is 65.1 Å². The third kappa shape index (κ3) is 6.46. The number of hydrogen-bond donors (Lipinski definition) is 1. The number of hydrogen-bond acceptors (Lipinski definition) is 4. The van der Waals surface area contributed by atoms with E-state index in [-0.39, 0.29) is 11.9 Å². The summed E-state index contributed by atoms with van der Waals surface area (Å²) in [6, 6.07) is 19.0. The summed E-state index contributed by atoms with van der Waals surface area (Å²) in [7, 11) is 0. The van der Waals surface area contributed by atoms with Gasteiger partial charge in [0, 0.05) is 22.0 Å². The molecule has 0 aliphatic rings. The van der Waals surface area contributed by atoms with Crippen molar-refractivity contribution < 1.29 is 14.6 Å². The molecular formula is C28H35NO3S. The minimum atomic E-state index is -1.09. The first-order valence-electron chi connectivity index (χ1n) is 11.9. The quantitative estimate of drug-likeness (QED) is 0.225. The molecule has 1 amide bonds. The van der Waals surface area contributed by atoms with Crippen LogP contribution >= 0.6 is 11.3 Å². The lowest BCUT2D eigenvalue weighted by atomic mass is 10.1. The highest BCUT2D eigenvalue weighted by Crippen LogP contribution is 2.32. The molecule has 2 atom stereocenters. The van der Waals surface area contributed by atoms with Gasteiger partial charge in [-0.2, -0.15) is 0 Å². The summed E-state index contributed by atoms with van der Waals surface area (Å²) >= 11 is 1.67. The summed E-state index contributed by atoms with van der Waals surface area (Å²) in [4.78, 5) is 16.3. The third-order valence-electron chi connectivity index (χ3n) is 5.95. The van der Waals surface area contributed by atoms with Crippen molar-refractivity contribution in [2.75, 3.05) is 6.61 Å². The lowest BCUT2D eigenvalue weighted by Gasteiger charge is -2.34. The number of carbonyl (C=O) groups is 1. The second kappa shape index (κ2) is 12.6. The van der Waals surface area contributed by atoms with Crippen LogP contribution < -0.4 is 4.74 Å². The standard InChI is InChI=1S/C28H35NO3S/c1-4-6-7-10-19-32-25-13-9-8-12-24(25)28(31)29(21(3)5-2)27(30)23-17-15-22(16-18-23)26-14-11-20-33-26/h8-9,11-18,20-21,28,31H,4-7,10,19H2,1-3H3. The summed E-state index contributed by atoms with van der Waals surface area (Å²) in [5, 5.41) is 13.4. The molecule has 0 radical (unpaired) electrons. The third-order valence-corrected chi connectivity index (χ3v) is 6.87. The molecule has 1 aromatic heterocycles. The molecule has 3 rings (SSSR count). The van der Waals surface area contributed by atoms with Crippen molar-refractivity contribution in [1.29, 1.82) is 0 Å². The van der Waals surface area contributed by atoms with Crippen molar-refractivity contribution >= 4 is 17.2 Å². The van der Waals surface area contributed by atoms with Gasteiger partial charge in [0.1, 0.15) is 5.75 Å². The maximum atomic E-state index is 13.5. The average molecular weight is 466 g/mol. The highest BCUT2D eigenvalue weighted by molar-refractivity contribution is 7.13. The predicted molar refractivity (Wildman–Crippen MR) is 137 cm³/mol. The fourth-order valence-corrected chi connectivity index (χ4v) is 4.54. The molecule has 0 aliphatic heterocycles. The van der Waals surface area contributed by atoms with Crippen LogP contribution in [0.2, 0.25) is 0 Å². The summed E-state index contributed by atoms with van der Waals surface area (Å²) in [5.41, 5.74) is 2.27. The maximum Gasteiger partial charge on any atom is 0.256 e. The number of ether oxygens (including phenoxy) is 1. The summed E-state index contributed by atoms with van der Waals surface area (Å²) in [6.45, 7) is 6.77. The molecule has 1 N–H and O–H groups in total. The van der Waals surface area contributed by atoms with Crippen LogP contribution in [0.25, 0.3) is 10.4 Å². The molecular weight excluding hydrogens is 430 g/mol. The first kappa shape index (κ1) is 25.0. The largest absolute Gasteiger partial charge is 0.493 e. The second-order valence-electron chi connectivity index (χ2n) is 8.34. The van der Waals surface area contributed by atoms with Crippen molar-refractivity contribution in [2.24, 2.45) is 0 Å². The van der Waals surface area contributed by atoms with E-state index in [1.54, 1.807) is 16.2 Å². The lowest BCUT2D eigenvalue weighted by molar-refractivity contribution is -0.0129. The Hall–Kier alpha value is -2.63. The Morgan fingerprint density at radius 3 is 2.42 bits per heavy atom. The minimum Gasteiger partial charge on any atom is -0.493 e. The zero-order valence-electron chi connectivity index (χ0n) is 19.9. The van der Waals surface area contributed by atoms with E-state index < -0.39 is 6.23 Å². The number of aliphatic hydroxyl groups excluding tert-OH is 1. The van der Waals surface area contributed by atoms with Crippen LogP contribution in [0.15, 0.2) is 66.0 Å². The Bertz CT molecular complexity index is 985. The molecule has 0 spiro atoms. The second-order valence-corrected chi connectivity index (χ2v) is 9.29. The lowest BCUT2D eigenvalue weighted by Crippen LogP contribution is -2.41. The number of thiophene rings is 1. The number of carbonyl (C=O) groups excluding carboxylic acids is 1. The van der Waals surface area contributed by atoms with Crippen molar-refractivity contribution in [3.05, 3.63) is 77.2 Å². The highest BCUT2D eigenvalue weighted by atomic mass is 32.1. The molecule has 5 heteroatoms. The van der Waals surface area contributed by atoms with Gasteiger partial charge in [-0.3, -0.25) is 4.79 Å². The van der Waals surface area contributed by atoms with Crippen molar-refractivity contribution in [3.8, 4) is 16.2 Å². The molecule has 176 valence electrons. The molecule has 0 aliphatic carbocycles. The monoisotopic (exact) mass is 465 g/mol. The first-order chi connectivity index (χ1) is 16.1. The van der Waals surface area contributed by atoms with Crippen LogP contribution in [0.1, 0.15) is 75.0 Å². The van der Waals surface area contributed by atoms with Gasteiger partial charge in [-0.25, -0.2) is 0 Å². The van der Waals surface area contributed by atoms with Crippen LogP contribution in [0, 0.1) is 0 Å². The SMILES string of the molecule is CCCCCCOc1ccccc1C(O)N(C(=O)c1ccc(-c2cccs2)cc1)C(C)CC. The van der Waals surface area contributed by atoms with E-state index in [0.717, 1.165) is 29.7 Å². The van der Waals surface area contributed by atoms with Gasteiger partial charge >= 0.3 is 0 Å². The molecule has 0 saturated carbocycles. The number of unbranched alkanes of at least 4 members (excludes halogenated alkanes) is 3. The normalized spacial score (nSPS) is 12.8. The summed E-state index contributed by atoms with van der Waals surface area (Å²) in [5.74, 6) is 0.447. The number of rotatable bonds is 12. The first-order valence-corrected chi connectivity index (χ1v) is 12.8. The van der Waals surface area contributed by atoms with Crippen molar-refractivity contribution in [3.63, 3.8) is 0 Å². The zero-order chi connectivity index (χ0) is 23.6. The van der Waals surface area contributed by atoms with Gasteiger partial charge < -0.3 is 14.7 Å². The molecule has 0 bridgehead atoms. The summed E-state index contributed by atoms with van der Waals surface area (Å²) in [6.07, 6.45) is 4.11. The van der Waals surface area contributed by atoms with Crippen LogP contribution in [0.5, 0.6) is 5.75 Å². The minimum absolute atomic E-state index is 0.137. The number of aliphatic hydroxyl groups is 1. The van der Waals surface area contributed by atoms with Gasteiger partial charge in [-0.1, -0.05) is 69.5 Å². The molecule has 1 heterocycles. The van der Waals surface area contributed by atoms with Gasteiger partial charge in [-0.05, 0) is 55.0 Å². The van der Waals surface area contributed by atoms with E-state index in [9.17, 15) is 9.90 Å².